The fourth-order valence-electron chi connectivity index (χ4n) is 2.41. The molecule has 2 rings (SSSR count). The van der Waals surface area contributed by atoms with E-state index in [0.29, 0.717) is 11.1 Å². The van der Waals surface area contributed by atoms with Gasteiger partial charge in [-0.2, -0.15) is 5.10 Å². The standard InChI is InChI=1S/C12H21N3O2S/c1-9-11(8-13-14-9)18(16,17)15-10-4-6-12(2,3)7-5-10/h8,10,15H,4-7H2,1-3H3,(H,13,14). The lowest BCUT2D eigenvalue weighted by atomic mass is 9.76. The van der Waals surface area contributed by atoms with E-state index in [-0.39, 0.29) is 10.9 Å². The van der Waals surface area contributed by atoms with Gasteiger partial charge in [0.2, 0.25) is 10.0 Å². The second-order valence-electron chi connectivity index (χ2n) is 5.92. The number of aryl methyl sites for hydroxylation is 1. The molecule has 18 heavy (non-hydrogen) atoms. The smallest absolute Gasteiger partial charge is 0.244 e. The van der Waals surface area contributed by atoms with Gasteiger partial charge in [-0.1, -0.05) is 13.8 Å². The fraction of sp³-hybridized carbons (Fsp3) is 0.750. The van der Waals surface area contributed by atoms with Crippen molar-refractivity contribution in [2.45, 2.75) is 57.4 Å². The maximum Gasteiger partial charge on any atom is 0.244 e. The highest BCUT2D eigenvalue weighted by molar-refractivity contribution is 7.89. The van der Waals surface area contributed by atoms with Gasteiger partial charge in [-0.3, -0.25) is 5.10 Å². The zero-order valence-corrected chi connectivity index (χ0v) is 12.0. The molecule has 0 aliphatic heterocycles. The van der Waals surface area contributed by atoms with Crippen molar-refractivity contribution in [3.63, 3.8) is 0 Å². The molecule has 0 unspecified atom stereocenters. The largest absolute Gasteiger partial charge is 0.281 e. The van der Waals surface area contributed by atoms with Gasteiger partial charge in [0.15, 0.2) is 0 Å². The average molecular weight is 271 g/mol. The normalized spacial score (nSPS) is 21.1. The van der Waals surface area contributed by atoms with Crippen molar-refractivity contribution < 1.29 is 8.42 Å². The molecule has 5 nitrogen and oxygen atoms in total. The Hall–Kier alpha value is -0.880. The zero-order valence-electron chi connectivity index (χ0n) is 11.2. The van der Waals surface area contributed by atoms with Crippen LogP contribution in [0.1, 0.15) is 45.2 Å². The number of hydrogen-bond donors (Lipinski definition) is 2. The van der Waals surface area contributed by atoms with Crippen molar-refractivity contribution in [3.05, 3.63) is 11.9 Å². The van der Waals surface area contributed by atoms with Crippen molar-refractivity contribution >= 4 is 10.0 Å². The highest BCUT2D eigenvalue weighted by Gasteiger charge is 2.30. The molecular formula is C12H21N3O2S. The van der Waals surface area contributed by atoms with E-state index in [0.717, 1.165) is 25.7 Å². The minimum atomic E-state index is -3.43. The quantitative estimate of drug-likeness (QED) is 0.882. The molecular weight excluding hydrogens is 250 g/mol. The molecule has 0 bridgehead atoms. The molecule has 1 aromatic rings. The first-order valence-electron chi connectivity index (χ1n) is 6.32. The van der Waals surface area contributed by atoms with Crippen LogP contribution in [-0.4, -0.2) is 24.7 Å². The second-order valence-corrected chi connectivity index (χ2v) is 7.60. The second kappa shape index (κ2) is 4.66. The third-order valence-corrected chi connectivity index (χ3v) is 5.37. The Balaban J connectivity index is 2.05. The Kier molecular flexibility index (Phi) is 3.51. The van der Waals surface area contributed by atoms with Gasteiger partial charge in [-0.25, -0.2) is 13.1 Å². The van der Waals surface area contributed by atoms with Gasteiger partial charge >= 0.3 is 0 Å². The summed E-state index contributed by atoms with van der Waals surface area (Å²) in [6.07, 6.45) is 5.30. The number of hydrogen-bond acceptors (Lipinski definition) is 3. The minimum absolute atomic E-state index is 0.0531. The van der Waals surface area contributed by atoms with Crippen molar-refractivity contribution in [3.8, 4) is 0 Å². The van der Waals surface area contributed by atoms with Gasteiger partial charge < -0.3 is 0 Å². The molecule has 1 heterocycles. The van der Waals surface area contributed by atoms with Crippen LogP contribution in [0, 0.1) is 12.3 Å². The van der Waals surface area contributed by atoms with E-state index in [9.17, 15) is 8.42 Å². The molecule has 6 heteroatoms. The predicted octanol–water partition coefficient (Wildman–Crippen LogP) is 1.97. The molecule has 1 aliphatic carbocycles. The first-order valence-corrected chi connectivity index (χ1v) is 7.81. The predicted molar refractivity (Wildman–Crippen MR) is 69.7 cm³/mol. The third-order valence-electron chi connectivity index (χ3n) is 3.73. The van der Waals surface area contributed by atoms with Gasteiger partial charge in [-0.05, 0) is 38.0 Å². The van der Waals surface area contributed by atoms with Crippen LogP contribution in [0.3, 0.4) is 0 Å². The van der Waals surface area contributed by atoms with Gasteiger partial charge in [0.05, 0.1) is 11.9 Å². The van der Waals surface area contributed by atoms with Crippen LogP contribution in [0.25, 0.3) is 0 Å². The van der Waals surface area contributed by atoms with Crippen LogP contribution in [0.15, 0.2) is 11.1 Å². The van der Waals surface area contributed by atoms with E-state index in [1.807, 2.05) is 0 Å². The summed E-state index contributed by atoms with van der Waals surface area (Å²) in [6, 6.07) is 0.0531. The molecule has 0 spiro atoms. The monoisotopic (exact) mass is 271 g/mol. The summed E-state index contributed by atoms with van der Waals surface area (Å²) >= 11 is 0. The third kappa shape index (κ3) is 2.92. The maximum atomic E-state index is 12.2. The molecule has 0 saturated heterocycles. The molecule has 2 N–H and O–H groups in total. The van der Waals surface area contributed by atoms with Crippen LogP contribution in [0.5, 0.6) is 0 Å². The lowest BCUT2D eigenvalue weighted by Crippen LogP contribution is -2.39. The van der Waals surface area contributed by atoms with E-state index in [1.54, 1.807) is 6.92 Å². The number of H-pyrrole nitrogens is 1. The van der Waals surface area contributed by atoms with E-state index >= 15 is 0 Å². The van der Waals surface area contributed by atoms with Crippen molar-refractivity contribution in [1.82, 2.24) is 14.9 Å². The first-order chi connectivity index (χ1) is 8.30. The van der Waals surface area contributed by atoms with Crippen LogP contribution >= 0.6 is 0 Å². The zero-order chi connectivity index (χ0) is 13.4. The molecule has 1 aliphatic rings. The summed E-state index contributed by atoms with van der Waals surface area (Å²) in [5.41, 5.74) is 0.923. The van der Waals surface area contributed by atoms with Gasteiger partial charge in [0, 0.05) is 6.04 Å². The molecule has 102 valence electrons. The summed E-state index contributed by atoms with van der Waals surface area (Å²) in [5, 5.41) is 6.42. The molecule has 0 atom stereocenters. The van der Waals surface area contributed by atoms with Gasteiger partial charge in [0.25, 0.3) is 0 Å². The van der Waals surface area contributed by atoms with E-state index in [4.69, 9.17) is 0 Å². The Morgan fingerprint density at radius 2 is 2.00 bits per heavy atom. The summed E-state index contributed by atoms with van der Waals surface area (Å²) in [4.78, 5) is 0.257. The number of nitrogens with one attached hydrogen (secondary N) is 2. The first kappa shape index (κ1) is 13.5. The van der Waals surface area contributed by atoms with Gasteiger partial charge in [-0.15, -0.1) is 0 Å². The molecule has 0 amide bonds. The van der Waals surface area contributed by atoms with Crippen LogP contribution < -0.4 is 4.72 Å². The topological polar surface area (TPSA) is 74.8 Å². The molecule has 0 radical (unpaired) electrons. The van der Waals surface area contributed by atoms with E-state index in [1.165, 1.54) is 6.20 Å². The van der Waals surface area contributed by atoms with Crippen LogP contribution in [0.2, 0.25) is 0 Å². The lowest BCUT2D eigenvalue weighted by molar-refractivity contribution is 0.218. The number of aromatic amines is 1. The van der Waals surface area contributed by atoms with Crippen molar-refractivity contribution in [2.24, 2.45) is 5.41 Å². The lowest BCUT2D eigenvalue weighted by Gasteiger charge is -2.34. The number of sulfonamides is 1. The number of nitrogens with zero attached hydrogens (tertiary/aromatic N) is 1. The van der Waals surface area contributed by atoms with E-state index < -0.39 is 10.0 Å². The number of rotatable bonds is 3. The summed E-state index contributed by atoms with van der Waals surface area (Å²) < 4.78 is 27.1. The Morgan fingerprint density at radius 1 is 1.39 bits per heavy atom. The Morgan fingerprint density at radius 3 is 2.50 bits per heavy atom. The molecule has 1 fully saturated rings. The number of aromatic nitrogens is 2. The summed E-state index contributed by atoms with van der Waals surface area (Å²) in [6.45, 7) is 6.18. The Labute approximate surface area is 108 Å². The molecule has 0 aromatic carbocycles. The van der Waals surface area contributed by atoms with Crippen LogP contribution in [0.4, 0.5) is 0 Å². The summed E-state index contributed by atoms with van der Waals surface area (Å²) in [5.74, 6) is 0. The highest BCUT2D eigenvalue weighted by atomic mass is 32.2. The van der Waals surface area contributed by atoms with Crippen molar-refractivity contribution in [1.29, 1.82) is 0 Å². The van der Waals surface area contributed by atoms with Crippen LogP contribution in [-0.2, 0) is 10.0 Å². The van der Waals surface area contributed by atoms with Crippen molar-refractivity contribution in [2.75, 3.05) is 0 Å². The maximum absolute atomic E-state index is 12.2. The average Bonchev–Trinajstić information content (AvgIpc) is 2.68. The fourth-order valence-corrected chi connectivity index (χ4v) is 3.85. The Bertz CT molecular complexity index is 509. The molecule has 1 aromatic heterocycles. The van der Waals surface area contributed by atoms with Gasteiger partial charge in [0.1, 0.15) is 4.90 Å². The minimum Gasteiger partial charge on any atom is -0.281 e. The summed E-state index contributed by atoms with van der Waals surface area (Å²) in [7, 11) is -3.43. The SMILES string of the molecule is Cc1[nH]ncc1S(=O)(=O)NC1CCC(C)(C)CC1. The van der Waals surface area contributed by atoms with E-state index in [2.05, 4.69) is 28.8 Å². The molecule has 1 saturated carbocycles. The highest BCUT2D eigenvalue weighted by Crippen LogP contribution is 2.35.